The highest BCUT2D eigenvalue weighted by molar-refractivity contribution is 7.90. The van der Waals surface area contributed by atoms with Crippen LogP contribution in [0.25, 0.3) is 0 Å². The second-order valence-corrected chi connectivity index (χ2v) is 9.55. The average Bonchev–Trinajstić information content (AvgIpc) is 2.60. The summed E-state index contributed by atoms with van der Waals surface area (Å²) < 4.78 is 43.9. The van der Waals surface area contributed by atoms with Gasteiger partial charge in [-0.2, -0.15) is 0 Å². The van der Waals surface area contributed by atoms with E-state index in [1.165, 1.54) is 18.2 Å². The first-order valence-electron chi connectivity index (χ1n) is 9.36. The van der Waals surface area contributed by atoms with Gasteiger partial charge in [-0.15, -0.1) is 0 Å². The number of morpholine rings is 1. The molecule has 0 saturated carbocycles. The van der Waals surface area contributed by atoms with Crippen LogP contribution in [0, 0.1) is 12.7 Å². The summed E-state index contributed by atoms with van der Waals surface area (Å²) in [4.78, 5) is 14.6. The zero-order valence-electron chi connectivity index (χ0n) is 16.9. The average molecular weight is 421 g/mol. The predicted molar refractivity (Wildman–Crippen MR) is 111 cm³/mol. The first-order valence-corrected chi connectivity index (χ1v) is 11.3. The van der Waals surface area contributed by atoms with E-state index in [0.29, 0.717) is 30.0 Å². The highest BCUT2D eigenvalue weighted by atomic mass is 32.2. The normalized spacial score (nSPS) is 19.8. The lowest BCUT2D eigenvalue weighted by Crippen LogP contribution is -2.45. The maximum absolute atomic E-state index is 14.7. The monoisotopic (exact) mass is 420 g/mol. The van der Waals surface area contributed by atoms with Crippen molar-refractivity contribution in [2.75, 3.05) is 29.6 Å². The molecule has 156 valence electrons. The maximum atomic E-state index is 14.7. The van der Waals surface area contributed by atoms with Crippen molar-refractivity contribution in [3.63, 3.8) is 0 Å². The molecule has 1 aliphatic heterocycles. The summed E-state index contributed by atoms with van der Waals surface area (Å²) >= 11 is 0. The molecule has 2 unspecified atom stereocenters. The minimum atomic E-state index is -3.44. The Hall–Kier alpha value is -2.45. The summed E-state index contributed by atoms with van der Waals surface area (Å²) in [5, 5.41) is 2.65. The topological polar surface area (TPSA) is 75.7 Å². The molecule has 1 fully saturated rings. The third-order valence-electron chi connectivity index (χ3n) is 4.85. The number of benzene rings is 2. The van der Waals surface area contributed by atoms with Gasteiger partial charge in [-0.05, 0) is 56.7 Å². The van der Waals surface area contributed by atoms with E-state index in [1.54, 1.807) is 25.1 Å². The molecule has 6 nitrogen and oxygen atoms in total. The van der Waals surface area contributed by atoms with Gasteiger partial charge in [0, 0.05) is 30.6 Å². The summed E-state index contributed by atoms with van der Waals surface area (Å²) in [6.07, 6.45) is 1.09. The van der Waals surface area contributed by atoms with Crippen LogP contribution in [0.1, 0.15) is 29.8 Å². The fraction of sp³-hybridized carbons (Fsp3) is 0.381. The van der Waals surface area contributed by atoms with Crippen molar-refractivity contribution in [3.05, 3.63) is 53.3 Å². The number of ether oxygens (including phenoxy) is 1. The van der Waals surface area contributed by atoms with Crippen molar-refractivity contribution >= 4 is 27.1 Å². The summed E-state index contributed by atoms with van der Waals surface area (Å²) in [7, 11) is -3.44. The Morgan fingerprint density at radius 1 is 1.14 bits per heavy atom. The molecule has 8 heteroatoms. The van der Waals surface area contributed by atoms with E-state index in [9.17, 15) is 17.6 Å². The number of amides is 1. The fourth-order valence-corrected chi connectivity index (χ4v) is 4.14. The second-order valence-electron chi connectivity index (χ2n) is 7.53. The van der Waals surface area contributed by atoms with Crippen molar-refractivity contribution in [2.24, 2.45) is 0 Å². The van der Waals surface area contributed by atoms with Crippen LogP contribution in [-0.4, -0.2) is 45.9 Å². The number of aryl methyl sites for hydroxylation is 1. The number of nitrogens with zero attached hydrogens (tertiary/aromatic N) is 1. The number of carbonyl (C=O) groups excluding carboxylic acids is 1. The van der Waals surface area contributed by atoms with Crippen molar-refractivity contribution < 1.29 is 22.3 Å². The molecule has 2 aromatic rings. The maximum Gasteiger partial charge on any atom is 0.255 e. The van der Waals surface area contributed by atoms with Gasteiger partial charge >= 0.3 is 0 Å². The Bertz CT molecular complexity index is 1030. The molecule has 1 aliphatic rings. The molecule has 0 bridgehead atoms. The molecule has 0 spiro atoms. The summed E-state index contributed by atoms with van der Waals surface area (Å²) in [5.74, 6) is -0.931. The van der Waals surface area contributed by atoms with Crippen LogP contribution in [0.2, 0.25) is 0 Å². The van der Waals surface area contributed by atoms with Gasteiger partial charge < -0.3 is 15.0 Å². The lowest BCUT2D eigenvalue weighted by Gasteiger charge is -2.37. The van der Waals surface area contributed by atoms with Gasteiger partial charge in [-0.3, -0.25) is 4.79 Å². The number of nitrogens with one attached hydrogen (secondary N) is 1. The van der Waals surface area contributed by atoms with E-state index in [2.05, 4.69) is 5.32 Å². The number of halogens is 1. The molecule has 2 atom stereocenters. The molecule has 1 saturated heterocycles. The Kier molecular flexibility index (Phi) is 5.95. The molecule has 1 N–H and O–H groups in total. The third kappa shape index (κ3) is 4.94. The molecular weight excluding hydrogens is 395 g/mol. The molecule has 29 heavy (non-hydrogen) atoms. The molecule has 0 aromatic heterocycles. The van der Waals surface area contributed by atoms with Crippen LogP contribution in [0.15, 0.2) is 41.3 Å². The summed E-state index contributed by atoms with van der Waals surface area (Å²) in [6.45, 7) is 6.78. The second kappa shape index (κ2) is 8.12. The van der Waals surface area contributed by atoms with E-state index in [1.807, 2.05) is 18.7 Å². The minimum absolute atomic E-state index is 0.00243. The first-order chi connectivity index (χ1) is 13.5. The number of hydrogen-bond acceptors (Lipinski definition) is 5. The van der Waals surface area contributed by atoms with Crippen LogP contribution in [0.5, 0.6) is 0 Å². The molecular formula is C21H25FN2O4S. The van der Waals surface area contributed by atoms with Gasteiger partial charge in [0.2, 0.25) is 0 Å². The fourth-order valence-electron chi connectivity index (χ4n) is 3.49. The smallest absolute Gasteiger partial charge is 0.255 e. The van der Waals surface area contributed by atoms with Crippen LogP contribution < -0.4 is 10.2 Å². The van der Waals surface area contributed by atoms with Gasteiger partial charge in [0.25, 0.3) is 5.91 Å². The lowest BCUT2D eigenvalue weighted by molar-refractivity contribution is -0.00539. The van der Waals surface area contributed by atoms with Gasteiger partial charge in [-0.25, -0.2) is 12.8 Å². The number of anilines is 2. The minimum Gasteiger partial charge on any atom is -0.372 e. The molecule has 0 aliphatic carbocycles. The van der Waals surface area contributed by atoms with E-state index in [-0.39, 0.29) is 22.7 Å². The van der Waals surface area contributed by atoms with Gasteiger partial charge in [0.1, 0.15) is 5.82 Å². The van der Waals surface area contributed by atoms with Gasteiger partial charge in [0.15, 0.2) is 9.84 Å². The SMILES string of the molecule is Cc1ccc(S(C)(=O)=O)cc1C(=O)Nc1ccc(N2CC(C)OC(C)C2)c(F)c1. The first kappa shape index (κ1) is 21.3. The zero-order chi connectivity index (χ0) is 21.3. The number of rotatable bonds is 4. The van der Waals surface area contributed by atoms with Crippen molar-refractivity contribution in [2.45, 2.75) is 37.9 Å². The highest BCUT2D eigenvalue weighted by Crippen LogP contribution is 2.26. The standard InChI is InChI=1S/C21H25FN2O4S/c1-13-5-7-17(29(4,26)27)10-18(13)21(25)23-16-6-8-20(19(22)9-16)24-11-14(2)28-15(3)12-24/h5-10,14-15H,11-12H2,1-4H3,(H,23,25). The van der Waals surface area contributed by atoms with E-state index in [4.69, 9.17) is 4.74 Å². The van der Waals surface area contributed by atoms with Crippen LogP contribution in [-0.2, 0) is 14.6 Å². The van der Waals surface area contributed by atoms with Crippen LogP contribution in [0.4, 0.5) is 15.8 Å². The number of carbonyl (C=O) groups is 1. The Labute approximate surface area is 170 Å². The van der Waals surface area contributed by atoms with Crippen LogP contribution in [0.3, 0.4) is 0 Å². The number of sulfone groups is 1. The van der Waals surface area contributed by atoms with Crippen LogP contribution >= 0.6 is 0 Å². The molecule has 0 radical (unpaired) electrons. The van der Waals surface area contributed by atoms with E-state index < -0.39 is 21.6 Å². The largest absolute Gasteiger partial charge is 0.372 e. The molecule has 2 aromatic carbocycles. The van der Waals surface area contributed by atoms with Crippen molar-refractivity contribution in [3.8, 4) is 0 Å². The number of hydrogen-bond donors (Lipinski definition) is 1. The quantitative estimate of drug-likeness (QED) is 0.821. The van der Waals surface area contributed by atoms with Gasteiger partial charge in [-0.1, -0.05) is 6.07 Å². The highest BCUT2D eigenvalue weighted by Gasteiger charge is 2.24. The zero-order valence-corrected chi connectivity index (χ0v) is 17.7. The predicted octanol–water partition coefficient (Wildman–Crippen LogP) is 3.40. The summed E-state index contributed by atoms with van der Waals surface area (Å²) in [6, 6.07) is 8.91. The Morgan fingerprint density at radius 3 is 2.38 bits per heavy atom. The van der Waals surface area contributed by atoms with Crippen molar-refractivity contribution in [1.29, 1.82) is 0 Å². The van der Waals surface area contributed by atoms with E-state index in [0.717, 1.165) is 6.26 Å². The third-order valence-corrected chi connectivity index (χ3v) is 5.96. The Balaban J connectivity index is 1.81. The molecule has 3 rings (SSSR count). The lowest BCUT2D eigenvalue weighted by atomic mass is 10.1. The van der Waals surface area contributed by atoms with Gasteiger partial charge in [0.05, 0.1) is 22.8 Å². The Morgan fingerprint density at radius 2 is 1.79 bits per heavy atom. The molecule has 1 heterocycles. The summed E-state index contributed by atoms with van der Waals surface area (Å²) in [5.41, 5.74) is 1.62. The van der Waals surface area contributed by atoms with E-state index >= 15 is 0 Å². The molecule has 1 amide bonds. The van der Waals surface area contributed by atoms with Crippen molar-refractivity contribution in [1.82, 2.24) is 0 Å².